The summed E-state index contributed by atoms with van der Waals surface area (Å²) in [6.07, 6.45) is 0.288. The summed E-state index contributed by atoms with van der Waals surface area (Å²) < 4.78 is 0. The molecule has 0 aliphatic carbocycles. The summed E-state index contributed by atoms with van der Waals surface area (Å²) in [6, 6.07) is 18.7. The molecule has 0 saturated heterocycles. The summed E-state index contributed by atoms with van der Waals surface area (Å²) in [6.45, 7) is 1.65. The lowest BCUT2D eigenvalue weighted by Crippen LogP contribution is -2.15. The number of carbonyl (C=O) groups is 2. The molecule has 0 unspecified atom stereocenters. The number of ketones is 1. The van der Waals surface area contributed by atoms with Crippen molar-refractivity contribution in [2.45, 2.75) is 23.8 Å². The van der Waals surface area contributed by atoms with Gasteiger partial charge in [0.15, 0.2) is 5.78 Å². The Morgan fingerprint density at radius 3 is 2.09 bits per heavy atom. The van der Waals surface area contributed by atoms with Crippen LogP contribution in [0.3, 0.4) is 0 Å². The van der Waals surface area contributed by atoms with Gasteiger partial charge in [0.1, 0.15) is 5.25 Å². The van der Waals surface area contributed by atoms with Gasteiger partial charge in [0.05, 0.1) is 0 Å². The van der Waals surface area contributed by atoms with Crippen LogP contribution >= 0.6 is 11.8 Å². The van der Waals surface area contributed by atoms with Crippen molar-refractivity contribution in [3.63, 3.8) is 0 Å². The number of aliphatic carboxylic acids is 1. The topological polar surface area (TPSA) is 54.4 Å². The quantitative estimate of drug-likeness (QED) is 0.778. The Hall–Kier alpha value is -2.07. The molecule has 4 heteroatoms. The molecule has 2 aromatic carbocycles. The predicted molar refractivity (Wildman–Crippen MR) is 89.3 cm³/mol. The molecule has 2 atom stereocenters. The van der Waals surface area contributed by atoms with Gasteiger partial charge in [0, 0.05) is 17.2 Å². The van der Waals surface area contributed by atoms with Gasteiger partial charge in [-0.25, -0.2) is 0 Å². The molecule has 0 saturated carbocycles. The maximum atomic E-state index is 12.4. The van der Waals surface area contributed by atoms with Crippen molar-refractivity contribution < 1.29 is 14.7 Å². The SMILES string of the molecule is C[C@@H](S[C@H](CC(=O)c1ccccc1)c1ccccc1)C(=O)O. The molecular formula is C18H18O3S. The molecule has 0 radical (unpaired) electrons. The summed E-state index contributed by atoms with van der Waals surface area (Å²) in [5.74, 6) is -0.836. The van der Waals surface area contributed by atoms with Crippen molar-refractivity contribution in [2.75, 3.05) is 0 Å². The Bertz CT molecular complexity index is 625. The Labute approximate surface area is 134 Å². The lowest BCUT2D eigenvalue weighted by molar-refractivity contribution is -0.136. The van der Waals surface area contributed by atoms with Gasteiger partial charge in [-0.15, -0.1) is 11.8 Å². The van der Waals surface area contributed by atoms with Crippen molar-refractivity contribution in [3.8, 4) is 0 Å². The van der Waals surface area contributed by atoms with Crippen LogP contribution in [0.4, 0.5) is 0 Å². The van der Waals surface area contributed by atoms with E-state index < -0.39 is 11.2 Å². The molecule has 0 heterocycles. The van der Waals surface area contributed by atoms with Gasteiger partial charge in [-0.1, -0.05) is 60.7 Å². The highest BCUT2D eigenvalue weighted by Crippen LogP contribution is 2.36. The van der Waals surface area contributed by atoms with Gasteiger partial charge in [-0.2, -0.15) is 0 Å². The molecule has 2 rings (SSSR count). The highest BCUT2D eigenvalue weighted by molar-refractivity contribution is 8.00. The van der Waals surface area contributed by atoms with E-state index in [0.717, 1.165) is 5.56 Å². The van der Waals surface area contributed by atoms with E-state index >= 15 is 0 Å². The summed E-state index contributed by atoms with van der Waals surface area (Å²) in [5.41, 5.74) is 1.64. The Morgan fingerprint density at radius 2 is 1.55 bits per heavy atom. The average molecular weight is 314 g/mol. The number of carbonyl (C=O) groups excluding carboxylic acids is 1. The highest BCUT2D eigenvalue weighted by atomic mass is 32.2. The average Bonchev–Trinajstić information content (AvgIpc) is 2.55. The van der Waals surface area contributed by atoms with E-state index in [1.54, 1.807) is 19.1 Å². The molecule has 1 N–H and O–H groups in total. The lowest BCUT2D eigenvalue weighted by atomic mass is 10.0. The predicted octanol–water partition coefficient (Wildman–Crippen LogP) is 4.21. The summed E-state index contributed by atoms with van der Waals surface area (Å²) in [4.78, 5) is 23.5. The van der Waals surface area contributed by atoms with Crippen LogP contribution in [-0.2, 0) is 4.79 Å². The first-order chi connectivity index (χ1) is 10.6. The maximum absolute atomic E-state index is 12.4. The van der Waals surface area contributed by atoms with Crippen LogP contribution in [0, 0.1) is 0 Å². The first-order valence-electron chi connectivity index (χ1n) is 7.09. The van der Waals surface area contributed by atoms with E-state index in [2.05, 4.69) is 0 Å². The third-order valence-electron chi connectivity index (χ3n) is 3.35. The number of Topliss-reactive ketones (excluding diaryl/α,β-unsaturated/α-hetero) is 1. The van der Waals surface area contributed by atoms with E-state index in [1.165, 1.54) is 11.8 Å². The van der Waals surface area contributed by atoms with E-state index in [0.29, 0.717) is 5.56 Å². The molecular weight excluding hydrogens is 296 g/mol. The van der Waals surface area contributed by atoms with Crippen molar-refractivity contribution in [2.24, 2.45) is 0 Å². The van der Waals surface area contributed by atoms with Gasteiger partial charge in [-0.3, -0.25) is 9.59 Å². The number of carboxylic acid groups (broad SMARTS) is 1. The maximum Gasteiger partial charge on any atom is 0.316 e. The molecule has 0 aliphatic heterocycles. The smallest absolute Gasteiger partial charge is 0.316 e. The Balaban J connectivity index is 2.18. The van der Waals surface area contributed by atoms with Crippen LogP contribution in [0.1, 0.15) is 34.5 Å². The molecule has 22 heavy (non-hydrogen) atoms. The zero-order chi connectivity index (χ0) is 15.9. The Morgan fingerprint density at radius 1 is 1.00 bits per heavy atom. The van der Waals surface area contributed by atoms with Gasteiger partial charge >= 0.3 is 5.97 Å². The second-order valence-corrected chi connectivity index (χ2v) is 6.56. The summed E-state index contributed by atoms with van der Waals surface area (Å²) >= 11 is 1.31. The van der Waals surface area contributed by atoms with Gasteiger partial charge in [0.25, 0.3) is 0 Å². The molecule has 0 aromatic heterocycles. The van der Waals surface area contributed by atoms with Gasteiger partial charge in [0.2, 0.25) is 0 Å². The Kier molecular flexibility index (Phi) is 5.78. The number of hydrogen-bond donors (Lipinski definition) is 1. The minimum absolute atomic E-state index is 0.0274. The van der Waals surface area contributed by atoms with Crippen LogP contribution < -0.4 is 0 Å². The number of benzene rings is 2. The van der Waals surface area contributed by atoms with Gasteiger partial charge < -0.3 is 5.11 Å². The fraction of sp³-hybridized carbons (Fsp3) is 0.222. The van der Waals surface area contributed by atoms with Crippen molar-refractivity contribution in [1.29, 1.82) is 0 Å². The van der Waals surface area contributed by atoms with E-state index in [4.69, 9.17) is 5.11 Å². The third-order valence-corrected chi connectivity index (χ3v) is 4.73. The van der Waals surface area contributed by atoms with Crippen LogP contribution in [0.25, 0.3) is 0 Å². The zero-order valence-electron chi connectivity index (χ0n) is 12.3. The van der Waals surface area contributed by atoms with Crippen LogP contribution in [0.15, 0.2) is 60.7 Å². The molecule has 114 valence electrons. The standard InChI is InChI=1S/C18H18O3S/c1-13(18(20)21)22-17(15-10-6-3-7-11-15)12-16(19)14-8-4-2-5-9-14/h2-11,13,17H,12H2,1H3,(H,20,21)/t13-,17-/m1/s1. The first kappa shape index (κ1) is 16.3. The summed E-state index contributed by atoms with van der Waals surface area (Å²) in [7, 11) is 0. The monoisotopic (exact) mass is 314 g/mol. The van der Waals surface area contributed by atoms with Crippen molar-refractivity contribution in [1.82, 2.24) is 0 Å². The fourth-order valence-electron chi connectivity index (χ4n) is 2.13. The zero-order valence-corrected chi connectivity index (χ0v) is 13.1. The minimum atomic E-state index is -0.863. The minimum Gasteiger partial charge on any atom is -0.480 e. The number of hydrogen-bond acceptors (Lipinski definition) is 3. The summed E-state index contributed by atoms with van der Waals surface area (Å²) in [5, 5.41) is 8.40. The highest BCUT2D eigenvalue weighted by Gasteiger charge is 2.23. The molecule has 3 nitrogen and oxygen atoms in total. The first-order valence-corrected chi connectivity index (χ1v) is 8.03. The van der Waals surface area contributed by atoms with Crippen LogP contribution in [0.5, 0.6) is 0 Å². The number of carboxylic acids is 1. The number of thioether (sulfide) groups is 1. The lowest BCUT2D eigenvalue weighted by Gasteiger charge is -2.18. The normalized spacial score (nSPS) is 13.3. The molecule has 0 spiro atoms. The van der Waals surface area contributed by atoms with Crippen molar-refractivity contribution in [3.05, 3.63) is 71.8 Å². The second-order valence-electron chi connectivity index (χ2n) is 5.01. The van der Waals surface area contributed by atoms with E-state index in [1.807, 2.05) is 48.5 Å². The molecule has 0 fully saturated rings. The van der Waals surface area contributed by atoms with Crippen LogP contribution in [0.2, 0.25) is 0 Å². The molecule has 0 amide bonds. The number of rotatable bonds is 7. The van der Waals surface area contributed by atoms with E-state index in [9.17, 15) is 9.59 Å². The third kappa shape index (κ3) is 4.46. The van der Waals surface area contributed by atoms with Crippen molar-refractivity contribution >= 4 is 23.5 Å². The van der Waals surface area contributed by atoms with E-state index in [-0.39, 0.29) is 17.5 Å². The molecule has 0 aliphatic rings. The largest absolute Gasteiger partial charge is 0.480 e. The fourth-order valence-corrected chi connectivity index (χ4v) is 3.30. The second kappa shape index (κ2) is 7.80. The van der Waals surface area contributed by atoms with Crippen LogP contribution in [-0.4, -0.2) is 22.1 Å². The molecule has 0 bridgehead atoms. The van der Waals surface area contributed by atoms with Gasteiger partial charge in [-0.05, 0) is 12.5 Å². The molecule has 2 aromatic rings.